The van der Waals surface area contributed by atoms with Crippen molar-refractivity contribution in [2.24, 2.45) is 0 Å². The molecular weight excluding hydrogens is 318 g/mol. The smallest absolute Gasteiger partial charge is 0.272 e. The third kappa shape index (κ3) is 3.17. The predicted octanol–water partition coefficient (Wildman–Crippen LogP) is 2.05. The summed E-state index contributed by atoms with van der Waals surface area (Å²) >= 11 is 5.89. The number of anilines is 1. The van der Waals surface area contributed by atoms with Crippen LogP contribution in [-0.2, 0) is 11.2 Å². The monoisotopic (exact) mass is 329 g/mol. The Labute approximate surface area is 135 Å². The Morgan fingerprint density at radius 2 is 1.78 bits per heavy atom. The Bertz CT molecular complexity index is 1010. The number of rotatable bonds is 3. The van der Waals surface area contributed by atoms with E-state index in [2.05, 4.69) is 15.5 Å². The van der Waals surface area contributed by atoms with Crippen molar-refractivity contribution in [3.8, 4) is 0 Å². The standard InChI is InChI=1S/C16H12ClN3O3/c17-10-4-1-3-9(7-10)8-13(21)18-12-6-2-5-11-14(12)16(23)20-19-15(11)22/h1-7H,8H2,(H,18,21)(H,19,22)(H,20,23). The van der Waals surface area contributed by atoms with Crippen LogP contribution < -0.4 is 16.4 Å². The first-order chi connectivity index (χ1) is 11.0. The Morgan fingerprint density at radius 1 is 1.04 bits per heavy atom. The highest BCUT2D eigenvalue weighted by atomic mass is 35.5. The summed E-state index contributed by atoms with van der Waals surface area (Å²) in [6.45, 7) is 0. The number of hydrogen-bond donors (Lipinski definition) is 3. The van der Waals surface area contributed by atoms with E-state index in [1.54, 1.807) is 36.4 Å². The quantitative estimate of drug-likeness (QED) is 0.686. The van der Waals surface area contributed by atoms with Crippen molar-refractivity contribution < 1.29 is 4.79 Å². The lowest BCUT2D eigenvalue weighted by Crippen LogP contribution is -2.22. The van der Waals surface area contributed by atoms with E-state index >= 15 is 0 Å². The summed E-state index contributed by atoms with van der Waals surface area (Å²) in [5.41, 5.74) is 0.146. The lowest BCUT2D eigenvalue weighted by atomic mass is 10.1. The molecule has 0 aliphatic carbocycles. The van der Waals surface area contributed by atoms with Crippen molar-refractivity contribution in [1.82, 2.24) is 10.2 Å². The molecule has 1 amide bonds. The molecule has 0 atom stereocenters. The van der Waals surface area contributed by atoms with E-state index in [1.165, 1.54) is 6.07 Å². The van der Waals surface area contributed by atoms with Crippen LogP contribution in [0.3, 0.4) is 0 Å². The van der Waals surface area contributed by atoms with Crippen molar-refractivity contribution in [2.75, 3.05) is 5.32 Å². The maximum atomic E-state index is 12.2. The second-order valence-electron chi connectivity index (χ2n) is 4.99. The summed E-state index contributed by atoms with van der Waals surface area (Å²) in [6, 6.07) is 11.7. The molecule has 6 nitrogen and oxygen atoms in total. The number of aromatic nitrogens is 2. The van der Waals surface area contributed by atoms with Gasteiger partial charge in [-0.3, -0.25) is 24.6 Å². The zero-order valence-corrected chi connectivity index (χ0v) is 12.6. The van der Waals surface area contributed by atoms with Crippen molar-refractivity contribution in [3.05, 3.63) is 73.8 Å². The first kappa shape index (κ1) is 15.1. The van der Waals surface area contributed by atoms with Gasteiger partial charge >= 0.3 is 0 Å². The second-order valence-corrected chi connectivity index (χ2v) is 5.43. The molecule has 3 aromatic rings. The molecule has 0 saturated heterocycles. The first-order valence-electron chi connectivity index (χ1n) is 6.82. The van der Waals surface area contributed by atoms with E-state index in [0.717, 1.165) is 5.56 Å². The van der Waals surface area contributed by atoms with Crippen LogP contribution in [0.2, 0.25) is 5.02 Å². The lowest BCUT2D eigenvalue weighted by Gasteiger charge is -2.08. The van der Waals surface area contributed by atoms with Crippen molar-refractivity contribution in [2.45, 2.75) is 6.42 Å². The molecule has 0 fully saturated rings. The van der Waals surface area contributed by atoms with Crippen molar-refractivity contribution in [1.29, 1.82) is 0 Å². The lowest BCUT2D eigenvalue weighted by molar-refractivity contribution is -0.115. The maximum Gasteiger partial charge on any atom is 0.272 e. The fraction of sp³-hybridized carbons (Fsp3) is 0.0625. The average molecular weight is 330 g/mol. The number of fused-ring (bicyclic) bond motifs is 1. The minimum absolute atomic E-state index is 0.109. The van der Waals surface area contributed by atoms with Crippen LogP contribution in [0.1, 0.15) is 5.56 Å². The number of nitrogens with one attached hydrogen (secondary N) is 3. The van der Waals surface area contributed by atoms with Crippen LogP contribution >= 0.6 is 11.6 Å². The zero-order chi connectivity index (χ0) is 16.4. The molecule has 3 N–H and O–H groups in total. The molecule has 0 aliphatic rings. The highest BCUT2D eigenvalue weighted by molar-refractivity contribution is 6.30. The molecule has 1 heterocycles. The van der Waals surface area contributed by atoms with E-state index in [1.807, 2.05) is 0 Å². The number of benzene rings is 2. The molecule has 0 aliphatic heterocycles. The van der Waals surface area contributed by atoms with Gasteiger partial charge in [-0.2, -0.15) is 0 Å². The van der Waals surface area contributed by atoms with Crippen LogP contribution in [0.4, 0.5) is 5.69 Å². The van der Waals surface area contributed by atoms with E-state index in [4.69, 9.17) is 11.6 Å². The summed E-state index contributed by atoms with van der Waals surface area (Å²) in [4.78, 5) is 35.9. The van der Waals surface area contributed by atoms with Crippen LogP contribution in [0.5, 0.6) is 0 Å². The molecule has 0 spiro atoms. The van der Waals surface area contributed by atoms with Crippen LogP contribution in [0, 0.1) is 0 Å². The number of amides is 1. The fourth-order valence-corrected chi connectivity index (χ4v) is 2.57. The number of H-pyrrole nitrogens is 2. The summed E-state index contributed by atoms with van der Waals surface area (Å²) in [7, 11) is 0. The zero-order valence-electron chi connectivity index (χ0n) is 11.9. The maximum absolute atomic E-state index is 12.2. The van der Waals surface area contributed by atoms with Crippen LogP contribution in [0.15, 0.2) is 52.1 Å². The SMILES string of the molecule is O=C(Cc1cccc(Cl)c1)Nc1cccc2c(=O)[nH][nH]c(=O)c12. The van der Waals surface area contributed by atoms with Crippen LogP contribution in [0.25, 0.3) is 10.8 Å². The Kier molecular flexibility index (Phi) is 3.99. The Hall–Kier alpha value is -2.86. The molecule has 0 unspecified atom stereocenters. The van der Waals surface area contributed by atoms with Gasteiger partial charge in [-0.05, 0) is 29.8 Å². The van der Waals surface area contributed by atoms with Gasteiger partial charge in [0.15, 0.2) is 0 Å². The van der Waals surface area contributed by atoms with Crippen LogP contribution in [-0.4, -0.2) is 16.1 Å². The number of halogens is 1. The number of hydrogen-bond acceptors (Lipinski definition) is 3. The van der Waals surface area contributed by atoms with E-state index < -0.39 is 11.1 Å². The molecule has 3 rings (SSSR count). The molecule has 0 bridgehead atoms. The van der Waals surface area contributed by atoms with Crippen molar-refractivity contribution in [3.63, 3.8) is 0 Å². The Morgan fingerprint density at radius 3 is 2.57 bits per heavy atom. The molecule has 116 valence electrons. The highest BCUT2D eigenvalue weighted by Crippen LogP contribution is 2.17. The van der Waals surface area contributed by atoms with Gasteiger partial charge in [0.25, 0.3) is 11.1 Å². The third-order valence-electron chi connectivity index (χ3n) is 3.35. The molecule has 2 aromatic carbocycles. The molecule has 0 saturated carbocycles. The number of carbonyl (C=O) groups excluding carboxylic acids is 1. The fourth-order valence-electron chi connectivity index (χ4n) is 2.36. The van der Waals surface area contributed by atoms with Gasteiger partial charge in [0.05, 0.1) is 22.9 Å². The van der Waals surface area contributed by atoms with Gasteiger partial charge in [-0.1, -0.05) is 29.8 Å². The number of carbonyl (C=O) groups is 1. The average Bonchev–Trinajstić information content (AvgIpc) is 2.51. The normalized spacial score (nSPS) is 10.7. The molecule has 0 radical (unpaired) electrons. The third-order valence-corrected chi connectivity index (χ3v) is 3.59. The van der Waals surface area contributed by atoms with E-state index in [9.17, 15) is 14.4 Å². The van der Waals surface area contributed by atoms with Gasteiger partial charge in [-0.25, -0.2) is 0 Å². The summed E-state index contributed by atoms with van der Waals surface area (Å²) in [5, 5.41) is 8.08. The molecule has 7 heteroatoms. The van der Waals surface area contributed by atoms with Crippen molar-refractivity contribution >= 4 is 34.0 Å². The minimum Gasteiger partial charge on any atom is -0.325 e. The molecule has 23 heavy (non-hydrogen) atoms. The van der Waals surface area contributed by atoms with Gasteiger partial charge in [-0.15, -0.1) is 0 Å². The van der Waals surface area contributed by atoms with Gasteiger partial charge in [0, 0.05) is 5.02 Å². The van der Waals surface area contributed by atoms with E-state index in [0.29, 0.717) is 10.7 Å². The highest BCUT2D eigenvalue weighted by Gasteiger charge is 2.11. The summed E-state index contributed by atoms with van der Waals surface area (Å²) in [5.74, 6) is -0.306. The minimum atomic E-state index is -0.474. The predicted molar refractivity (Wildman–Crippen MR) is 89.0 cm³/mol. The number of aromatic amines is 2. The second kappa shape index (κ2) is 6.10. The summed E-state index contributed by atoms with van der Waals surface area (Å²) in [6.07, 6.45) is 0.109. The first-order valence-corrected chi connectivity index (χ1v) is 7.20. The van der Waals surface area contributed by atoms with Gasteiger partial charge in [0.2, 0.25) is 5.91 Å². The molecule has 1 aromatic heterocycles. The largest absolute Gasteiger partial charge is 0.325 e. The van der Waals surface area contributed by atoms with Gasteiger partial charge in [0.1, 0.15) is 0 Å². The Balaban J connectivity index is 1.93. The van der Waals surface area contributed by atoms with Gasteiger partial charge < -0.3 is 5.32 Å². The van der Waals surface area contributed by atoms with E-state index in [-0.39, 0.29) is 23.1 Å². The topological polar surface area (TPSA) is 94.8 Å². The summed E-state index contributed by atoms with van der Waals surface area (Å²) < 4.78 is 0. The molecular formula is C16H12ClN3O3.